The second-order valence-corrected chi connectivity index (χ2v) is 6.49. The first-order valence-corrected chi connectivity index (χ1v) is 8.83. The molecular weight excluding hydrogens is 339 g/mol. The largest absolute Gasteiger partial charge is 0.497 e. The zero-order valence-corrected chi connectivity index (χ0v) is 14.7. The summed E-state index contributed by atoms with van der Waals surface area (Å²) in [5.41, 5.74) is 2.73. The van der Waals surface area contributed by atoms with Gasteiger partial charge in [-0.1, -0.05) is 36.0 Å². The Labute approximate surface area is 150 Å². The fourth-order valence-electron chi connectivity index (χ4n) is 2.49. The van der Waals surface area contributed by atoms with Gasteiger partial charge in [0.15, 0.2) is 5.16 Å². The number of aliphatic hydroxyl groups is 1. The van der Waals surface area contributed by atoms with Crippen molar-refractivity contribution in [2.75, 3.05) is 7.11 Å². The van der Waals surface area contributed by atoms with Crippen LogP contribution in [0.4, 0.5) is 4.39 Å². The van der Waals surface area contributed by atoms with Crippen LogP contribution in [0.5, 0.6) is 5.75 Å². The van der Waals surface area contributed by atoms with Gasteiger partial charge in [-0.05, 0) is 35.4 Å². The number of methoxy groups -OCH3 is 1. The predicted octanol–water partition coefficient (Wildman–Crippen LogP) is 3.86. The third-order valence-electron chi connectivity index (χ3n) is 3.82. The van der Waals surface area contributed by atoms with Crippen molar-refractivity contribution in [3.63, 3.8) is 0 Å². The lowest BCUT2D eigenvalue weighted by molar-refractivity contribution is 0.270. The van der Waals surface area contributed by atoms with Gasteiger partial charge in [0.05, 0.1) is 25.6 Å². The highest BCUT2D eigenvalue weighted by Crippen LogP contribution is 2.25. The number of aliphatic hydroxyl groups excluding tert-OH is 1. The summed E-state index contributed by atoms with van der Waals surface area (Å²) in [6, 6.07) is 14.3. The molecule has 0 aliphatic rings. The number of thioether (sulfide) groups is 1. The van der Waals surface area contributed by atoms with E-state index in [1.54, 1.807) is 19.4 Å². The van der Waals surface area contributed by atoms with Gasteiger partial charge in [-0.15, -0.1) is 0 Å². The zero-order chi connectivity index (χ0) is 17.6. The van der Waals surface area contributed by atoms with Crippen molar-refractivity contribution < 1.29 is 14.2 Å². The number of imidazole rings is 1. The summed E-state index contributed by atoms with van der Waals surface area (Å²) in [6.45, 7) is 0.523. The number of benzene rings is 2. The molecule has 1 N–H and O–H groups in total. The molecule has 0 bridgehead atoms. The molecule has 6 heteroatoms. The van der Waals surface area contributed by atoms with Gasteiger partial charge in [-0.25, -0.2) is 9.37 Å². The molecule has 25 heavy (non-hydrogen) atoms. The number of halogens is 1. The standard InChI is InChI=1S/C19H19FN2O2S/c1-24-18-7-5-14(6-8-18)11-22-17(12-23)10-21-19(22)25-13-15-3-2-4-16(20)9-15/h2-10,23H,11-13H2,1H3. The number of hydrogen-bond donors (Lipinski definition) is 1. The fraction of sp³-hybridized carbons (Fsp3) is 0.211. The van der Waals surface area contributed by atoms with Gasteiger partial charge in [-0.2, -0.15) is 0 Å². The minimum absolute atomic E-state index is 0.0797. The molecule has 2 aromatic carbocycles. The Hall–Kier alpha value is -2.31. The van der Waals surface area contributed by atoms with Crippen LogP contribution in [0.15, 0.2) is 59.9 Å². The molecule has 1 heterocycles. The molecule has 1 aromatic heterocycles. The molecule has 3 aromatic rings. The monoisotopic (exact) mass is 358 g/mol. The van der Waals surface area contributed by atoms with Gasteiger partial charge >= 0.3 is 0 Å². The predicted molar refractivity (Wildman–Crippen MR) is 96.2 cm³/mol. The first-order valence-electron chi connectivity index (χ1n) is 7.85. The Morgan fingerprint density at radius 3 is 2.64 bits per heavy atom. The molecule has 0 unspecified atom stereocenters. The lowest BCUT2D eigenvalue weighted by atomic mass is 10.2. The molecule has 0 spiro atoms. The van der Waals surface area contributed by atoms with Crippen molar-refractivity contribution >= 4 is 11.8 Å². The van der Waals surface area contributed by atoms with E-state index < -0.39 is 0 Å². The molecule has 0 atom stereocenters. The maximum atomic E-state index is 13.3. The molecule has 130 valence electrons. The molecule has 0 radical (unpaired) electrons. The van der Waals surface area contributed by atoms with E-state index in [2.05, 4.69) is 4.98 Å². The summed E-state index contributed by atoms with van der Waals surface area (Å²) in [7, 11) is 1.63. The van der Waals surface area contributed by atoms with Gasteiger partial charge in [0.1, 0.15) is 11.6 Å². The van der Waals surface area contributed by atoms with E-state index in [4.69, 9.17) is 4.74 Å². The SMILES string of the molecule is COc1ccc(Cn2c(CO)cnc2SCc2cccc(F)c2)cc1. The lowest BCUT2D eigenvalue weighted by Gasteiger charge is -2.11. The minimum atomic E-state index is -0.240. The molecular formula is C19H19FN2O2S. The van der Waals surface area contributed by atoms with E-state index in [-0.39, 0.29) is 12.4 Å². The van der Waals surface area contributed by atoms with Crippen molar-refractivity contribution in [2.24, 2.45) is 0 Å². The zero-order valence-electron chi connectivity index (χ0n) is 13.9. The molecule has 0 saturated heterocycles. The van der Waals surface area contributed by atoms with Gasteiger partial charge in [0, 0.05) is 12.3 Å². The van der Waals surface area contributed by atoms with Crippen LogP contribution >= 0.6 is 11.8 Å². The smallest absolute Gasteiger partial charge is 0.168 e. The molecule has 0 saturated carbocycles. The van der Waals surface area contributed by atoms with Gasteiger partial charge in [0.2, 0.25) is 0 Å². The summed E-state index contributed by atoms with van der Waals surface area (Å²) in [5, 5.41) is 10.4. The van der Waals surface area contributed by atoms with Crippen molar-refractivity contribution in [1.29, 1.82) is 0 Å². The van der Waals surface area contributed by atoms with E-state index >= 15 is 0 Å². The highest BCUT2D eigenvalue weighted by atomic mass is 32.2. The van der Waals surface area contributed by atoms with E-state index in [1.807, 2.05) is 34.9 Å². The van der Waals surface area contributed by atoms with Crippen molar-refractivity contribution in [1.82, 2.24) is 9.55 Å². The first-order chi connectivity index (χ1) is 12.2. The van der Waals surface area contributed by atoms with Crippen LogP contribution < -0.4 is 4.74 Å². The van der Waals surface area contributed by atoms with Crippen molar-refractivity contribution in [3.05, 3.63) is 77.4 Å². The minimum Gasteiger partial charge on any atom is -0.497 e. The highest BCUT2D eigenvalue weighted by molar-refractivity contribution is 7.98. The summed E-state index contributed by atoms with van der Waals surface area (Å²) in [6.07, 6.45) is 1.68. The van der Waals surface area contributed by atoms with E-state index in [0.717, 1.165) is 27.7 Å². The molecule has 0 aliphatic heterocycles. The van der Waals surface area contributed by atoms with Crippen LogP contribution in [0.25, 0.3) is 0 Å². The Bertz CT molecular complexity index is 834. The number of ether oxygens (including phenoxy) is 1. The average Bonchev–Trinajstić information content (AvgIpc) is 3.02. The first kappa shape index (κ1) is 17.5. The second kappa shape index (κ2) is 8.18. The van der Waals surface area contributed by atoms with Crippen LogP contribution in [-0.2, 0) is 18.9 Å². The quantitative estimate of drug-likeness (QED) is 0.652. The maximum absolute atomic E-state index is 13.3. The van der Waals surface area contributed by atoms with Crippen molar-refractivity contribution in [2.45, 2.75) is 24.1 Å². The third kappa shape index (κ3) is 4.41. The van der Waals surface area contributed by atoms with Crippen LogP contribution in [0.3, 0.4) is 0 Å². The lowest BCUT2D eigenvalue weighted by Crippen LogP contribution is -2.06. The van der Waals surface area contributed by atoms with Crippen LogP contribution in [0, 0.1) is 5.82 Å². The number of hydrogen-bond acceptors (Lipinski definition) is 4. The Kier molecular flexibility index (Phi) is 5.73. The summed E-state index contributed by atoms with van der Waals surface area (Å²) >= 11 is 1.52. The van der Waals surface area contributed by atoms with Gasteiger partial charge in [-0.3, -0.25) is 0 Å². The van der Waals surface area contributed by atoms with E-state index in [1.165, 1.54) is 23.9 Å². The average molecular weight is 358 g/mol. The number of rotatable bonds is 7. The topological polar surface area (TPSA) is 47.3 Å². The maximum Gasteiger partial charge on any atom is 0.168 e. The highest BCUT2D eigenvalue weighted by Gasteiger charge is 2.11. The molecule has 0 amide bonds. The second-order valence-electron chi connectivity index (χ2n) is 5.54. The number of aromatic nitrogens is 2. The number of nitrogens with zero attached hydrogens (tertiary/aromatic N) is 2. The van der Waals surface area contributed by atoms with Crippen LogP contribution in [-0.4, -0.2) is 21.8 Å². The van der Waals surface area contributed by atoms with Gasteiger partial charge in [0.25, 0.3) is 0 Å². The normalized spacial score (nSPS) is 10.8. The van der Waals surface area contributed by atoms with Gasteiger partial charge < -0.3 is 14.4 Å². The van der Waals surface area contributed by atoms with Crippen LogP contribution in [0.1, 0.15) is 16.8 Å². The Morgan fingerprint density at radius 2 is 1.96 bits per heavy atom. The van der Waals surface area contributed by atoms with Crippen molar-refractivity contribution in [3.8, 4) is 5.75 Å². The van der Waals surface area contributed by atoms with E-state index in [9.17, 15) is 9.50 Å². The van der Waals surface area contributed by atoms with E-state index in [0.29, 0.717) is 12.3 Å². The molecule has 3 rings (SSSR count). The Balaban J connectivity index is 1.77. The summed E-state index contributed by atoms with van der Waals surface area (Å²) in [4.78, 5) is 4.40. The summed E-state index contributed by atoms with van der Waals surface area (Å²) in [5.74, 6) is 1.18. The summed E-state index contributed by atoms with van der Waals surface area (Å²) < 4.78 is 20.5. The van der Waals surface area contributed by atoms with Crippen LogP contribution in [0.2, 0.25) is 0 Å². The fourth-order valence-corrected chi connectivity index (χ4v) is 3.43. The molecule has 0 fully saturated rings. The molecule has 4 nitrogen and oxygen atoms in total. The molecule has 0 aliphatic carbocycles. The third-order valence-corrected chi connectivity index (χ3v) is 4.88. The Morgan fingerprint density at radius 1 is 1.16 bits per heavy atom.